The van der Waals surface area contributed by atoms with Crippen LogP contribution < -0.4 is 5.32 Å². The quantitative estimate of drug-likeness (QED) is 0.731. The first-order chi connectivity index (χ1) is 14.7. The number of halogens is 2. The van der Waals surface area contributed by atoms with E-state index in [1.165, 1.54) is 11.8 Å². The lowest BCUT2D eigenvalue weighted by molar-refractivity contribution is -0.142. The van der Waals surface area contributed by atoms with Crippen LogP contribution in [0.2, 0.25) is 10.0 Å². The van der Waals surface area contributed by atoms with E-state index in [4.69, 9.17) is 23.2 Å². The van der Waals surface area contributed by atoms with Crippen LogP contribution in [0.4, 0.5) is 5.69 Å². The molecule has 3 amide bonds. The van der Waals surface area contributed by atoms with Gasteiger partial charge in [0.25, 0.3) is 0 Å². The summed E-state index contributed by atoms with van der Waals surface area (Å²) in [6, 6.07) is 14.4. The lowest BCUT2D eigenvalue weighted by atomic mass is 9.71. The van der Waals surface area contributed by atoms with Gasteiger partial charge in [0.1, 0.15) is 0 Å². The van der Waals surface area contributed by atoms with Crippen LogP contribution in [0.1, 0.15) is 25.3 Å². The summed E-state index contributed by atoms with van der Waals surface area (Å²) < 4.78 is 0. The van der Waals surface area contributed by atoms with Crippen LogP contribution in [0.5, 0.6) is 0 Å². The van der Waals surface area contributed by atoms with Crippen molar-refractivity contribution < 1.29 is 14.4 Å². The molecule has 0 atom stereocenters. The van der Waals surface area contributed by atoms with Crippen molar-refractivity contribution in [3.8, 4) is 0 Å². The highest BCUT2D eigenvalue weighted by Crippen LogP contribution is 2.37. The molecule has 0 saturated carbocycles. The number of nitrogens with zero attached hydrogens (tertiary/aromatic N) is 2. The van der Waals surface area contributed by atoms with Crippen LogP contribution in [0, 0.1) is 0 Å². The molecule has 1 fully saturated rings. The molecule has 1 N–H and O–H groups in total. The number of hydrogen-bond donors (Lipinski definition) is 1. The zero-order chi connectivity index (χ0) is 22.6. The summed E-state index contributed by atoms with van der Waals surface area (Å²) in [5.74, 6) is -0.465. The Balaban J connectivity index is 1.75. The van der Waals surface area contributed by atoms with Crippen LogP contribution in [-0.2, 0) is 19.8 Å². The van der Waals surface area contributed by atoms with E-state index in [0.29, 0.717) is 41.7 Å². The maximum absolute atomic E-state index is 13.6. The van der Waals surface area contributed by atoms with Crippen molar-refractivity contribution in [2.24, 2.45) is 0 Å². The summed E-state index contributed by atoms with van der Waals surface area (Å²) in [4.78, 5) is 41.1. The van der Waals surface area contributed by atoms with E-state index in [0.717, 1.165) is 5.56 Å². The van der Waals surface area contributed by atoms with Crippen molar-refractivity contribution in [3.05, 3.63) is 64.1 Å². The molecule has 0 unspecified atom stereocenters. The molecule has 1 saturated heterocycles. The Morgan fingerprint density at radius 3 is 2.26 bits per heavy atom. The van der Waals surface area contributed by atoms with E-state index in [1.54, 1.807) is 30.1 Å². The maximum Gasteiger partial charge on any atom is 0.243 e. The van der Waals surface area contributed by atoms with Crippen LogP contribution in [0.25, 0.3) is 0 Å². The second kappa shape index (κ2) is 9.71. The SMILES string of the molecule is CC(=O)N1CCC(C(=O)N(C)CC(=O)Nc2ccc(Cl)c(Cl)c2)(c2ccccc2)CC1. The van der Waals surface area contributed by atoms with Crippen LogP contribution in [0.15, 0.2) is 48.5 Å². The number of likely N-dealkylation sites (N-methyl/N-ethyl adjacent to an activating group) is 1. The van der Waals surface area contributed by atoms with E-state index in [1.807, 2.05) is 30.3 Å². The minimum absolute atomic E-state index is 0.00321. The van der Waals surface area contributed by atoms with Gasteiger partial charge in [-0.05, 0) is 36.6 Å². The molecule has 0 aliphatic carbocycles. The first-order valence-electron chi connectivity index (χ1n) is 10.0. The molecule has 2 aromatic rings. The number of carbonyl (C=O) groups excluding carboxylic acids is 3. The smallest absolute Gasteiger partial charge is 0.243 e. The van der Waals surface area contributed by atoms with E-state index in [2.05, 4.69) is 5.32 Å². The van der Waals surface area contributed by atoms with Gasteiger partial charge in [-0.3, -0.25) is 14.4 Å². The first kappa shape index (κ1) is 23.1. The first-order valence-corrected chi connectivity index (χ1v) is 10.8. The van der Waals surface area contributed by atoms with Gasteiger partial charge in [0.2, 0.25) is 17.7 Å². The second-order valence-corrected chi connectivity index (χ2v) is 8.61. The highest BCUT2D eigenvalue weighted by Gasteiger charge is 2.45. The highest BCUT2D eigenvalue weighted by atomic mass is 35.5. The zero-order valence-corrected chi connectivity index (χ0v) is 19.0. The van der Waals surface area contributed by atoms with E-state index in [9.17, 15) is 14.4 Å². The Morgan fingerprint density at radius 2 is 1.68 bits per heavy atom. The molecule has 2 aromatic carbocycles. The molecule has 1 aliphatic heterocycles. The van der Waals surface area contributed by atoms with Gasteiger partial charge < -0.3 is 15.1 Å². The van der Waals surface area contributed by atoms with Crippen molar-refractivity contribution in [1.29, 1.82) is 0 Å². The van der Waals surface area contributed by atoms with Crippen LogP contribution >= 0.6 is 23.2 Å². The maximum atomic E-state index is 13.6. The lowest BCUT2D eigenvalue weighted by Crippen LogP contribution is -2.53. The molecule has 31 heavy (non-hydrogen) atoms. The molecule has 0 bridgehead atoms. The fourth-order valence-electron chi connectivity index (χ4n) is 4.01. The minimum atomic E-state index is -0.772. The Morgan fingerprint density at radius 1 is 1.03 bits per heavy atom. The average Bonchev–Trinajstić information content (AvgIpc) is 2.76. The molecule has 8 heteroatoms. The Bertz CT molecular complexity index is 973. The van der Waals surface area contributed by atoms with Gasteiger partial charge >= 0.3 is 0 Å². The molecule has 1 heterocycles. The van der Waals surface area contributed by atoms with Crippen molar-refractivity contribution in [2.45, 2.75) is 25.2 Å². The summed E-state index contributed by atoms with van der Waals surface area (Å²) >= 11 is 11.9. The third-order valence-corrected chi connectivity index (χ3v) is 6.47. The van der Waals surface area contributed by atoms with Gasteiger partial charge in [0, 0.05) is 32.7 Å². The standard InChI is InChI=1S/C23H25Cl2N3O3/c1-16(29)28-12-10-23(11-13-28,17-6-4-3-5-7-17)22(31)27(2)15-21(30)26-18-8-9-19(24)20(25)14-18/h3-9,14H,10-13,15H2,1-2H3,(H,26,30). The fraction of sp³-hybridized carbons (Fsp3) is 0.348. The van der Waals surface area contributed by atoms with Crippen molar-refractivity contribution in [2.75, 3.05) is 32.0 Å². The lowest BCUT2D eigenvalue weighted by Gasteiger charge is -2.42. The molecular weight excluding hydrogens is 437 g/mol. The molecule has 3 rings (SSSR count). The van der Waals surface area contributed by atoms with Gasteiger partial charge in [0.15, 0.2) is 0 Å². The number of piperidine rings is 1. The highest BCUT2D eigenvalue weighted by molar-refractivity contribution is 6.42. The monoisotopic (exact) mass is 461 g/mol. The van der Waals surface area contributed by atoms with Crippen LogP contribution in [-0.4, -0.2) is 54.2 Å². The van der Waals surface area contributed by atoms with Crippen molar-refractivity contribution >= 4 is 46.6 Å². The Labute approximate surface area is 192 Å². The zero-order valence-electron chi connectivity index (χ0n) is 17.5. The number of amides is 3. The van der Waals surface area contributed by atoms with E-state index in [-0.39, 0.29) is 24.3 Å². The number of nitrogens with one attached hydrogen (secondary N) is 1. The molecule has 0 radical (unpaired) electrons. The second-order valence-electron chi connectivity index (χ2n) is 7.79. The number of hydrogen-bond acceptors (Lipinski definition) is 3. The Kier molecular flexibility index (Phi) is 7.23. The van der Waals surface area contributed by atoms with Crippen molar-refractivity contribution in [1.82, 2.24) is 9.80 Å². The van der Waals surface area contributed by atoms with E-state index < -0.39 is 5.41 Å². The normalized spacial score (nSPS) is 15.3. The summed E-state index contributed by atoms with van der Waals surface area (Å²) in [5, 5.41) is 3.48. The van der Waals surface area contributed by atoms with Gasteiger partial charge in [-0.1, -0.05) is 53.5 Å². The molecular formula is C23H25Cl2N3O3. The predicted molar refractivity (Wildman–Crippen MR) is 122 cm³/mol. The molecule has 6 nitrogen and oxygen atoms in total. The summed E-state index contributed by atoms with van der Waals surface area (Å²) in [5.41, 5.74) is 0.638. The number of benzene rings is 2. The third-order valence-electron chi connectivity index (χ3n) is 5.73. The molecule has 1 aliphatic rings. The van der Waals surface area contributed by atoms with Gasteiger partial charge in [-0.15, -0.1) is 0 Å². The van der Waals surface area contributed by atoms with Gasteiger partial charge in [0.05, 0.1) is 22.0 Å². The third kappa shape index (κ3) is 5.20. The Hall–Kier alpha value is -2.57. The topological polar surface area (TPSA) is 69.7 Å². The molecule has 0 spiro atoms. The molecule has 0 aromatic heterocycles. The minimum Gasteiger partial charge on any atom is -0.343 e. The summed E-state index contributed by atoms with van der Waals surface area (Å²) in [6.45, 7) is 2.43. The molecule has 164 valence electrons. The largest absolute Gasteiger partial charge is 0.343 e. The predicted octanol–water partition coefficient (Wildman–Crippen LogP) is 3.97. The number of rotatable bonds is 5. The average molecular weight is 462 g/mol. The number of anilines is 1. The van der Waals surface area contributed by atoms with E-state index >= 15 is 0 Å². The number of likely N-dealkylation sites (tertiary alicyclic amines) is 1. The fourth-order valence-corrected chi connectivity index (χ4v) is 4.31. The number of carbonyl (C=O) groups is 3. The van der Waals surface area contributed by atoms with Crippen LogP contribution in [0.3, 0.4) is 0 Å². The van der Waals surface area contributed by atoms with Gasteiger partial charge in [-0.2, -0.15) is 0 Å². The summed E-state index contributed by atoms with van der Waals surface area (Å²) in [6.07, 6.45) is 1.02. The van der Waals surface area contributed by atoms with Crippen molar-refractivity contribution in [3.63, 3.8) is 0 Å². The summed E-state index contributed by atoms with van der Waals surface area (Å²) in [7, 11) is 1.62. The van der Waals surface area contributed by atoms with Gasteiger partial charge in [-0.25, -0.2) is 0 Å².